The number of aliphatic carboxylic acids is 1. The highest BCUT2D eigenvalue weighted by molar-refractivity contribution is 8.00. The van der Waals surface area contributed by atoms with Gasteiger partial charge in [-0.05, 0) is 19.8 Å². The van der Waals surface area contributed by atoms with Crippen molar-refractivity contribution < 1.29 is 19.4 Å². The van der Waals surface area contributed by atoms with Crippen LogP contribution in [0.15, 0.2) is 0 Å². The number of carboxylic acid groups (broad SMARTS) is 1. The molecule has 0 aliphatic carbocycles. The summed E-state index contributed by atoms with van der Waals surface area (Å²) in [6.45, 7) is 4.58. The molecule has 2 rings (SSSR count). The number of hydrogen-bond acceptors (Lipinski definition) is 4. The first-order valence-corrected chi connectivity index (χ1v) is 8.03. The van der Waals surface area contributed by atoms with E-state index in [0.29, 0.717) is 12.4 Å². The molecule has 2 aliphatic rings. The number of amides is 2. The summed E-state index contributed by atoms with van der Waals surface area (Å²) >= 11 is 1.54. The van der Waals surface area contributed by atoms with Crippen LogP contribution in [0.4, 0.5) is 4.79 Å². The zero-order chi connectivity index (χ0) is 14.9. The van der Waals surface area contributed by atoms with Crippen LogP contribution in [-0.2, 0) is 9.53 Å². The Morgan fingerprint density at radius 2 is 2.20 bits per heavy atom. The molecule has 4 unspecified atom stereocenters. The Hall–Kier alpha value is -0.950. The van der Waals surface area contributed by atoms with Crippen molar-refractivity contribution in [3.8, 4) is 0 Å². The molecule has 2 amide bonds. The smallest absolute Gasteiger partial charge is 0.327 e. The highest BCUT2D eigenvalue weighted by Crippen LogP contribution is 2.33. The average molecular weight is 302 g/mol. The lowest BCUT2D eigenvalue weighted by atomic mass is 10.1. The zero-order valence-electron chi connectivity index (χ0n) is 12.1. The van der Waals surface area contributed by atoms with Crippen molar-refractivity contribution in [3.05, 3.63) is 0 Å². The molecule has 4 atom stereocenters. The molecule has 1 N–H and O–H groups in total. The molecule has 2 aliphatic heterocycles. The lowest BCUT2D eigenvalue weighted by molar-refractivity contribution is -0.141. The molecule has 0 aromatic carbocycles. The molecule has 0 aromatic rings. The van der Waals surface area contributed by atoms with Crippen molar-refractivity contribution in [2.45, 2.75) is 50.3 Å². The summed E-state index contributed by atoms with van der Waals surface area (Å²) in [5.74, 6) is -0.463. The third-order valence-corrected chi connectivity index (χ3v) is 5.54. The highest BCUT2D eigenvalue weighted by Gasteiger charge is 2.44. The number of thioether (sulfide) groups is 1. The van der Waals surface area contributed by atoms with Crippen molar-refractivity contribution >= 4 is 23.8 Å². The zero-order valence-corrected chi connectivity index (χ0v) is 12.9. The molecule has 6 nitrogen and oxygen atoms in total. The van der Waals surface area contributed by atoms with E-state index in [1.807, 2.05) is 13.8 Å². The molecule has 2 heterocycles. The fourth-order valence-corrected chi connectivity index (χ4v) is 4.22. The molecule has 114 valence electrons. The quantitative estimate of drug-likeness (QED) is 0.854. The SMILES string of the molecule is CCC1SCC(C(=O)O)N1C(=O)N(C)C1CCOC1C. The molecule has 0 saturated carbocycles. The minimum absolute atomic E-state index is 0.00237. The van der Waals surface area contributed by atoms with Crippen LogP contribution in [0.1, 0.15) is 26.7 Å². The molecule has 0 bridgehead atoms. The van der Waals surface area contributed by atoms with Crippen LogP contribution >= 0.6 is 11.8 Å². The van der Waals surface area contributed by atoms with Crippen molar-refractivity contribution in [1.29, 1.82) is 0 Å². The van der Waals surface area contributed by atoms with E-state index in [9.17, 15) is 14.7 Å². The third-order valence-electron chi connectivity index (χ3n) is 4.08. The first-order chi connectivity index (χ1) is 9.47. The maximum atomic E-state index is 12.7. The van der Waals surface area contributed by atoms with E-state index >= 15 is 0 Å². The predicted octanol–water partition coefficient (Wildman–Crippen LogP) is 1.45. The molecule has 20 heavy (non-hydrogen) atoms. The predicted molar refractivity (Wildman–Crippen MR) is 76.8 cm³/mol. The number of hydrogen-bond donors (Lipinski definition) is 1. The Morgan fingerprint density at radius 3 is 2.70 bits per heavy atom. The maximum absolute atomic E-state index is 12.7. The fraction of sp³-hybridized carbons (Fsp3) is 0.846. The summed E-state index contributed by atoms with van der Waals surface area (Å²) in [5, 5.41) is 9.24. The van der Waals surface area contributed by atoms with E-state index in [1.165, 1.54) is 4.90 Å². The van der Waals surface area contributed by atoms with Crippen LogP contribution in [-0.4, -0.2) is 69.9 Å². The molecule has 7 heteroatoms. The van der Waals surface area contributed by atoms with Gasteiger partial charge >= 0.3 is 12.0 Å². The van der Waals surface area contributed by atoms with Gasteiger partial charge in [0.1, 0.15) is 6.04 Å². The van der Waals surface area contributed by atoms with Crippen LogP contribution in [0, 0.1) is 0 Å². The van der Waals surface area contributed by atoms with E-state index in [4.69, 9.17) is 4.74 Å². The number of ether oxygens (including phenoxy) is 1. The minimum atomic E-state index is -0.925. The molecule has 0 spiro atoms. The summed E-state index contributed by atoms with van der Waals surface area (Å²) in [5.41, 5.74) is 0. The summed E-state index contributed by atoms with van der Waals surface area (Å²) in [4.78, 5) is 27.2. The number of carboxylic acids is 1. The number of likely N-dealkylation sites (N-methyl/N-ethyl adjacent to an activating group) is 1. The van der Waals surface area contributed by atoms with E-state index < -0.39 is 12.0 Å². The maximum Gasteiger partial charge on any atom is 0.327 e. The highest BCUT2D eigenvalue weighted by atomic mass is 32.2. The largest absolute Gasteiger partial charge is 0.480 e. The van der Waals surface area contributed by atoms with Gasteiger partial charge in [-0.2, -0.15) is 0 Å². The van der Waals surface area contributed by atoms with Crippen LogP contribution in [0.2, 0.25) is 0 Å². The Balaban J connectivity index is 2.14. The topological polar surface area (TPSA) is 70.1 Å². The fourth-order valence-electron chi connectivity index (χ4n) is 2.88. The Morgan fingerprint density at radius 1 is 1.50 bits per heavy atom. The van der Waals surface area contributed by atoms with E-state index in [-0.39, 0.29) is 23.6 Å². The molecular weight excluding hydrogens is 280 g/mol. The Labute approximate surface area is 123 Å². The summed E-state index contributed by atoms with van der Waals surface area (Å²) in [7, 11) is 1.74. The second kappa shape index (κ2) is 6.22. The second-order valence-corrected chi connectivity index (χ2v) is 6.49. The number of carbonyl (C=O) groups excluding carboxylic acids is 1. The molecular formula is C13H22N2O4S. The van der Waals surface area contributed by atoms with Crippen LogP contribution < -0.4 is 0 Å². The second-order valence-electron chi connectivity index (χ2n) is 5.28. The number of carbonyl (C=O) groups is 2. The van der Waals surface area contributed by atoms with E-state index in [0.717, 1.165) is 12.8 Å². The molecule has 2 saturated heterocycles. The monoisotopic (exact) mass is 302 g/mol. The summed E-state index contributed by atoms with van der Waals surface area (Å²) in [6, 6.07) is -0.894. The van der Waals surface area contributed by atoms with Crippen molar-refractivity contribution in [3.63, 3.8) is 0 Å². The minimum Gasteiger partial charge on any atom is -0.480 e. The Bertz CT molecular complexity index is 393. The van der Waals surface area contributed by atoms with Gasteiger partial charge in [0.15, 0.2) is 0 Å². The van der Waals surface area contributed by atoms with E-state index in [2.05, 4.69) is 0 Å². The average Bonchev–Trinajstić information content (AvgIpc) is 3.02. The normalized spacial score (nSPS) is 33.5. The van der Waals surface area contributed by atoms with Gasteiger partial charge in [0.25, 0.3) is 0 Å². The van der Waals surface area contributed by atoms with Gasteiger partial charge in [-0.3, -0.25) is 4.90 Å². The van der Waals surface area contributed by atoms with Gasteiger partial charge in [0, 0.05) is 19.4 Å². The summed E-state index contributed by atoms with van der Waals surface area (Å²) in [6.07, 6.45) is 1.56. The number of urea groups is 1. The molecule has 0 radical (unpaired) electrons. The lowest BCUT2D eigenvalue weighted by Gasteiger charge is -2.35. The summed E-state index contributed by atoms with van der Waals surface area (Å²) < 4.78 is 5.49. The first-order valence-electron chi connectivity index (χ1n) is 6.98. The standard InChI is InChI=1S/C13H22N2O4S/c1-4-11-15(10(7-20-11)12(16)17)13(18)14(3)9-5-6-19-8(9)2/h8-11H,4-7H2,1-3H3,(H,16,17). The van der Waals surface area contributed by atoms with Gasteiger partial charge < -0.3 is 14.7 Å². The Kier molecular flexibility index (Phi) is 4.80. The molecule has 2 fully saturated rings. The molecule has 0 aromatic heterocycles. The number of nitrogens with zero attached hydrogens (tertiary/aromatic N) is 2. The lowest BCUT2D eigenvalue weighted by Crippen LogP contribution is -2.54. The van der Waals surface area contributed by atoms with Crippen molar-refractivity contribution in [2.24, 2.45) is 0 Å². The number of rotatable bonds is 3. The van der Waals surface area contributed by atoms with Gasteiger partial charge in [0.2, 0.25) is 0 Å². The van der Waals surface area contributed by atoms with Crippen LogP contribution in [0.3, 0.4) is 0 Å². The van der Waals surface area contributed by atoms with Gasteiger partial charge in [-0.15, -0.1) is 11.8 Å². The van der Waals surface area contributed by atoms with E-state index in [1.54, 1.807) is 23.7 Å². The van der Waals surface area contributed by atoms with Crippen molar-refractivity contribution in [2.75, 3.05) is 19.4 Å². The van der Waals surface area contributed by atoms with Gasteiger partial charge in [-0.1, -0.05) is 6.92 Å². The first kappa shape index (κ1) is 15.4. The van der Waals surface area contributed by atoms with Crippen molar-refractivity contribution in [1.82, 2.24) is 9.80 Å². The van der Waals surface area contributed by atoms with Crippen LogP contribution in [0.25, 0.3) is 0 Å². The van der Waals surface area contributed by atoms with Gasteiger partial charge in [-0.25, -0.2) is 9.59 Å². The van der Waals surface area contributed by atoms with Gasteiger partial charge in [0.05, 0.1) is 17.5 Å². The third kappa shape index (κ3) is 2.74. The van der Waals surface area contributed by atoms with Crippen LogP contribution in [0.5, 0.6) is 0 Å².